The van der Waals surface area contributed by atoms with Gasteiger partial charge in [0.15, 0.2) is 0 Å². The fourth-order valence-corrected chi connectivity index (χ4v) is 2.19. The third-order valence-corrected chi connectivity index (χ3v) is 3.27. The zero-order valence-corrected chi connectivity index (χ0v) is 11.0. The second-order valence-electron chi connectivity index (χ2n) is 4.50. The lowest BCUT2D eigenvalue weighted by molar-refractivity contribution is 0.0952. The van der Waals surface area contributed by atoms with E-state index in [2.05, 4.69) is 9.97 Å². The molecule has 6 nitrogen and oxygen atoms in total. The van der Waals surface area contributed by atoms with E-state index in [1.807, 2.05) is 29.7 Å². The van der Waals surface area contributed by atoms with Crippen molar-refractivity contribution in [3.63, 3.8) is 0 Å². The van der Waals surface area contributed by atoms with Crippen LogP contribution >= 0.6 is 0 Å². The smallest absolute Gasteiger partial charge is 0.270 e. The number of hydrogen-bond acceptors (Lipinski definition) is 4. The number of H-pyrrole nitrogens is 1. The number of hydrazine groups is 1. The predicted molar refractivity (Wildman–Crippen MR) is 79.5 cm³/mol. The minimum absolute atomic E-state index is 0.0124. The van der Waals surface area contributed by atoms with Crippen molar-refractivity contribution in [2.45, 2.75) is 0 Å². The molecule has 6 heteroatoms. The molecule has 2 aromatic heterocycles. The van der Waals surface area contributed by atoms with Gasteiger partial charge in [-0.05, 0) is 35.4 Å². The lowest BCUT2D eigenvalue weighted by Crippen LogP contribution is -2.33. The fraction of sp³-hybridized carbons (Fsp3) is 0. The number of pyridine rings is 2. The van der Waals surface area contributed by atoms with Gasteiger partial charge in [-0.15, -0.1) is 0 Å². The summed E-state index contributed by atoms with van der Waals surface area (Å²) in [5, 5.41) is 0.439. The molecule has 0 unspecified atom stereocenters. The van der Waals surface area contributed by atoms with Crippen molar-refractivity contribution in [2.24, 2.45) is 5.84 Å². The zero-order chi connectivity index (χ0) is 14.8. The molecule has 0 aliphatic rings. The summed E-state index contributed by atoms with van der Waals surface area (Å²) in [6.45, 7) is 0. The number of nitrogens with zero attached hydrogens (tertiary/aromatic N) is 1. The van der Waals surface area contributed by atoms with Gasteiger partial charge in [0.05, 0.1) is 0 Å². The number of rotatable bonds is 2. The molecule has 4 N–H and O–H groups in total. The largest absolute Gasteiger partial charge is 0.360 e. The van der Waals surface area contributed by atoms with Crippen LogP contribution in [0.2, 0.25) is 0 Å². The molecule has 0 saturated heterocycles. The van der Waals surface area contributed by atoms with Crippen molar-refractivity contribution in [3.8, 4) is 11.1 Å². The topological polar surface area (TPSA) is 101 Å². The van der Waals surface area contributed by atoms with Gasteiger partial charge in [-0.1, -0.05) is 6.07 Å². The van der Waals surface area contributed by atoms with E-state index in [1.54, 1.807) is 18.5 Å². The molecule has 0 atom stereocenters. The van der Waals surface area contributed by atoms with Crippen molar-refractivity contribution in [3.05, 3.63) is 64.7 Å². The van der Waals surface area contributed by atoms with E-state index in [-0.39, 0.29) is 11.0 Å². The number of nitrogens with one attached hydrogen (secondary N) is 2. The van der Waals surface area contributed by atoms with Crippen LogP contribution in [0.4, 0.5) is 0 Å². The Bertz CT molecular complexity index is 872. The van der Waals surface area contributed by atoms with E-state index >= 15 is 0 Å². The minimum atomic E-state index is -0.614. The average Bonchev–Trinajstić information content (AvgIpc) is 2.55. The first kappa shape index (κ1) is 13.0. The van der Waals surface area contributed by atoms with E-state index in [1.165, 1.54) is 6.20 Å². The Morgan fingerprint density at radius 1 is 1.14 bits per heavy atom. The number of carbonyl (C=O) groups is 1. The minimum Gasteiger partial charge on any atom is -0.360 e. The van der Waals surface area contributed by atoms with E-state index in [0.717, 1.165) is 11.1 Å². The lowest BCUT2D eigenvalue weighted by atomic mass is 10.0. The van der Waals surface area contributed by atoms with Crippen molar-refractivity contribution in [2.75, 3.05) is 0 Å². The standard InChI is InChI=1S/C15H12N4O2/c16-19-15(21)12-8-18-13-7-10(1-2-11(13)14(12)20)9-3-5-17-6-4-9/h1-8H,16H2,(H,18,20)(H,19,21). The molecule has 3 aromatic rings. The summed E-state index contributed by atoms with van der Waals surface area (Å²) in [6, 6.07) is 9.15. The quantitative estimate of drug-likeness (QED) is 0.373. The summed E-state index contributed by atoms with van der Waals surface area (Å²) in [5.74, 6) is 4.44. The number of hydrogen-bond donors (Lipinski definition) is 3. The summed E-state index contributed by atoms with van der Waals surface area (Å²) in [4.78, 5) is 30.7. The number of nitrogens with two attached hydrogens (primary N) is 1. The molecule has 0 spiro atoms. The highest BCUT2D eigenvalue weighted by Gasteiger charge is 2.12. The van der Waals surface area contributed by atoms with Gasteiger partial charge in [0.2, 0.25) is 5.43 Å². The maximum Gasteiger partial charge on any atom is 0.270 e. The van der Waals surface area contributed by atoms with Crippen molar-refractivity contribution in [1.29, 1.82) is 0 Å². The van der Waals surface area contributed by atoms with Gasteiger partial charge in [0, 0.05) is 29.5 Å². The Kier molecular flexibility index (Phi) is 3.21. The SMILES string of the molecule is NNC(=O)c1c[nH]c2cc(-c3ccncc3)ccc2c1=O. The number of amides is 1. The number of carbonyl (C=O) groups excluding carboxylic acids is 1. The first-order chi connectivity index (χ1) is 10.2. The second-order valence-corrected chi connectivity index (χ2v) is 4.50. The van der Waals surface area contributed by atoms with Crippen LogP contribution in [-0.4, -0.2) is 15.9 Å². The van der Waals surface area contributed by atoms with Crippen LogP contribution in [0.15, 0.2) is 53.7 Å². The van der Waals surface area contributed by atoms with Crippen LogP contribution in [-0.2, 0) is 0 Å². The van der Waals surface area contributed by atoms with Crippen molar-refractivity contribution in [1.82, 2.24) is 15.4 Å². The first-order valence-corrected chi connectivity index (χ1v) is 6.27. The monoisotopic (exact) mass is 280 g/mol. The van der Waals surface area contributed by atoms with Crippen LogP contribution in [0.25, 0.3) is 22.0 Å². The first-order valence-electron chi connectivity index (χ1n) is 6.27. The van der Waals surface area contributed by atoms with Gasteiger partial charge in [-0.3, -0.25) is 20.0 Å². The molecular formula is C15H12N4O2. The Morgan fingerprint density at radius 2 is 1.90 bits per heavy atom. The maximum atomic E-state index is 12.2. The van der Waals surface area contributed by atoms with Crippen molar-refractivity contribution >= 4 is 16.8 Å². The van der Waals surface area contributed by atoms with Crippen molar-refractivity contribution < 1.29 is 4.79 Å². The molecule has 0 bridgehead atoms. The van der Waals surface area contributed by atoms with Gasteiger partial charge >= 0.3 is 0 Å². The van der Waals surface area contributed by atoms with Crippen LogP contribution in [0, 0.1) is 0 Å². The summed E-state index contributed by atoms with van der Waals surface area (Å²) < 4.78 is 0. The molecule has 1 aromatic carbocycles. The number of aromatic amines is 1. The van der Waals surface area contributed by atoms with Gasteiger partial charge in [-0.2, -0.15) is 0 Å². The normalized spacial score (nSPS) is 10.5. The van der Waals surface area contributed by atoms with Gasteiger partial charge in [0.1, 0.15) is 5.56 Å². The van der Waals surface area contributed by atoms with Gasteiger partial charge in [0.25, 0.3) is 5.91 Å². The van der Waals surface area contributed by atoms with E-state index in [9.17, 15) is 9.59 Å². The predicted octanol–water partition coefficient (Wildman–Crippen LogP) is 1.19. The van der Waals surface area contributed by atoms with Gasteiger partial charge in [-0.25, -0.2) is 5.84 Å². The molecule has 0 aliphatic heterocycles. The highest BCUT2D eigenvalue weighted by atomic mass is 16.2. The molecule has 3 rings (SSSR count). The Balaban J connectivity index is 2.17. The number of fused-ring (bicyclic) bond motifs is 1. The molecule has 0 radical (unpaired) electrons. The summed E-state index contributed by atoms with van der Waals surface area (Å²) >= 11 is 0. The fourth-order valence-electron chi connectivity index (χ4n) is 2.19. The van der Waals surface area contributed by atoms with Crippen LogP contribution in [0.5, 0.6) is 0 Å². The van der Waals surface area contributed by atoms with Gasteiger partial charge < -0.3 is 4.98 Å². The van der Waals surface area contributed by atoms with Crippen LogP contribution in [0.1, 0.15) is 10.4 Å². The molecule has 104 valence electrons. The van der Waals surface area contributed by atoms with Crippen LogP contribution in [0.3, 0.4) is 0 Å². The Morgan fingerprint density at radius 3 is 2.62 bits per heavy atom. The lowest BCUT2D eigenvalue weighted by Gasteiger charge is -2.05. The summed E-state index contributed by atoms with van der Waals surface area (Å²) in [7, 11) is 0. The Hall–Kier alpha value is -2.99. The highest BCUT2D eigenvalue weighted by Crippen LogP contribution is 2.21. The maximum absolute atomic E-state index is 12.2. The number of benzene rings is 1. The molecule has 0 aliphatic carbocycles. The van der Waals surface area contributed by atoms with E-state index < -0.39 is 5.91 Å². The number of aromatic nitrogens is 2. The molecular weight excluding hydrogens is 268 g/mol. The Labute approximate surface area is 119 Å². The molecule has 0 saturated carbocycles. The molecule has 0 fully saturated rings. The third-order valence-electron chi connectivity index (χ3n) is 3.27. The molecule has 21 heavy (non-hydrogen) atoms. The highest BCUT2D eigenvalue weighted by molar-refractivity contribution is 5.97. The summed E-state index contributed by atoms with van der Waals surface area (Å²) in [6.07, 6.45) is 4.77. The third kappa shape index (κ3) is 2.28. The zero-order valence-electron chi connectivity index (χ0n) is 11.0. The second kappa shape index (κ2) is 5.18. The summed E-state index contributed by atoms with van der Waals surface area (Å²) in [5.41, 5.74) is 4.20. The van der Waals surface area contributed by atoms with E-state index in [4.69, 9.17) is 5.84 Å². The molecule has 2 heterocycles. The van der Waals surface area contributed by atoms with E-state index in [0.29, 0.717) is 10.9 Å². The average molecular weight is 280 g/mol. The van der Waals surface area contributed by atoms with Crippen LogP contribution < -0.4 is 16.7 Å². The number of nitrogen functional groups attached to an aromatic ring is 1. The molecule has 1 amide bonds.